The number of carbonyl (C=O) groups is 2. The molecule has 1 aromatic heterocycles. The summed E-state index contributed by atoms with van der Waals surface area (Å²) in [5.74, 6) is -1.08. The van der Waals surface area contributed by atoms with Crippen LogP contribution in [0.2, 0.25) is 0 Å². The summed E-state index contributed by atoms with van der Waals surface area (Å²) in [5, 5.41) is 14.4. The van der Waals surface area contributed by atoms with Crippen LogP contribution >= 0.6 is 0 Å². The van der Waals surface area contributed by atoms with E-state index in [1.807, 2.05) is 0 Å². The first-order chi connectivity index (χ1) is 9.16. The van der Waals surface area contributed by atoms with Gasteiger partial charge in [0.15, 0.2) is 0 Å². The molecule has 1 aliphatic carbocycles. The van der Waals surface area contributed by atoms with Crippen LogP contribution in [0.3, 0.4) is 0 Å². The smallest absolute Gasteiger partial charge is 0.337 e. The van der Waals surface area contributed by atoms with Crippen LogP contribution in [0.15, 0.2) is 18.5 Å². The fourth-order valence-corrected chi connectivity index (χ4v) is 2.48. The molecule has 0 atom stereocenters. The van der Waals surface area contributed by atoms with Gasteiger partial charge < -0.3 is 15.7 Å². The first-order valence-electron chi connectivity index (χ1n) is 6.42. The number of nitrogens with one attached hydrogen (secondary N) is 2. The lowest BCUT2D eigenvalue weighted by Gasteiger charge is -2.09. The van der Waals surface area contributed by atoms with Gasteiger partial charge in [0.05, 0.1) is 17.4 Å². The standard InChI is InChI=1S/C14H19N3O3/c1-13(2)11(14(13,3)4)17-12(20)16-9-5-8(10(18)19)6-15-7-9/h5-7,11H,1-4H3,(H,18,19)(H2,16,17,20). The van der Waals surface area contributed by atoms with Gasteiger partial charge in [0, 0.05) is 12.2 Å². The molecule has 0 radical (unpaired) electrons. The highest BCUT2D eigenvalue weighted by atomic mass is 16.4. The van der Waals surface area contributed by atoms with Crippen molar-refractivity contribution in [2.45, 2.75) is 33.7 Å². The molecule has 6 heteroatoms. The van der Waals surface area contributed by atoms with Gasteiger partial charge in [0.25, 0.3) is 0 Å². The molecule has 2 amide bonds. The quantitative estimate of drug-likeness (QED) is 0.790. The number of aromatic carboxylic acids is 1. The van der Waals surface area contributed by atoms with Crippen molar-refractivity contribution in [1.29, 1.82) is 0 Å². The summed E-state index contributed by atoms with van der Waals surface area (Å²) in [6, 6.07) is 1.11. The van der Waals surface area contributed by atoms with Gasteiger partial charge in [-0.2, -0.15) is 0 Å². The zero-order valence-electron chi connectivity index (χ0n) is 12.0. The van der Waals surface area contributed by atoms with E-state index in [2.05, 4.69) is 43.3 Å². The van der Waals surface area contributed by atoms with Crippen molar-refractivity contribution in [2.75, 3.05) is 5.32 Å². The zero-order valence-corrected chi connectivity index (χ0v) is 12.0. The van der Waals surface area contributed by atoms with E-state index in [9.17, 15) is 9.59 Å². The Morgan fingerprint density at radius 2 is 1.80 bits per heavy atom. The summed E-state index contributed by atoms with van der Waals surface area (Å²) in [7, 11) is 0. The van der Waals surface area contributed by atoms with Crippen molar-refractivity contribution in [2.24, 2.45) is 10.8 Å². The third-order valence-electron chi connectivity index (χ3n) is 4.54. The number of pyridine rings is 1. The monoisotopic (exact) mass is 277 g/mol. The summed E-state index contributed by atoms with van der Waals surface area (Å²) in [5.41, 5.74) is 0.491. The van der Waals surface area contributed by atoms with Crippen LogP contribution in [0.4, 0.5) is 10.5 Å². The van der Waals surface area contributed by atoms with E-state index in [-0.39, 0.29) is 28.5 Å². The number of rotatable bonds is 3. The number of carboxylic acid groups (broad SMARTS) is 1. The normalized spacial score (nSPS) is 19.2. The molecule has 1 aliphatic rings. The molecule has 0 unspecified atom stereocenters. The third kappa shape index (κ3) is 2.33. The molecule has 1 fully saturated rings. The van der Waals surface area contributed by atoms with Crippen LogP contribution in [0, 0.1) is 10.8 Å². The Hall–Kier alpha value is -2.11. The lowest BCUT2D eigenvalue weighted by atomic mass is 10.0. The Morgan fingerprint density at radius 3 is 2.30 bits per heavy atom. The van der Waals surface area contributed by atoms with Crippen molar-refractivity contribution in [3.05, 3.63) is 24.0 Å². The number of anilines is 1. The first-order valence-corrected chi connectivity index (χ1v) is 6.42. The highest BCUT2D eigenvalue weighted by Crippen LogP contribution is 2.62. The number of urea groups is 1. The fraction of sp³-hybridized carbons (Fsp3) is 0.500. The molecular formula is C14H19N3O3. The van der Waals surface area contributed by atoms with Crippen LogP contribution in [-0.2, 0) is 0 Å². The molecule has 0 saturated heterocycles. The van der Waals surface area contributed by atoms with Crippen LogP contribution in [0.25, 0.3) is 0 Å². The second-order valence-corrected chi connectivity index (χ2v) is 6.24. The molecule has 20 heavy (non-hydrogen) atoms. The van der Waals surface area contributed by atoms with E-state index >= 15 is 0 Å². The van der Waals surface area contributed by atoms with Crippen molar-refractivity contribution < 1.29 is 14.7 Å². The van der Waals surface area contributed by atoms with Gasteiger partial charge in [-0.1, -0.05) is 27.7 Å². The topological polar surface area (TPSA) is 91.3 Å². The van der Waals surface area contributed by atoms with Crippen molar-refractivity contribution in [1.82, 2.24) is 10.3 Å². The van der Waals surface area contributed by atoms with Gasteiger partial charge in [-0.15, -0.1) is 0 Å². The van der Waals surface area contributed by atoms with Gasteiger partial charge >= 0.3 is 12.0 Å². The van der Waals surface area contributed by atoms with Gasteiger partial charge in [-0.05, 0) is 16.9 Å². The summed E-state index contributed by atoms with van der Waals surface area (Å²) >= 11 is 0. The molecule has 0 aliphatic heterocycles. The van der Waals surface area contributed by atoms with Gasteiger partial charge in [-0.25, -0.2) is 9.59 Å². The molecule has 108 valence electrons. The number of hydrogen-bond acceptors (Lipinski definition) is 3. The van der Waals surface area contributed by atoms with E-state index in [1.165, 1.54) is 18.5 Å². The number of amides is 2. The Balaban J connectivity index is 2.00. The lowest BCUT2D eigenvalue weighted by Crippen LogP contribution is -2.33. The van der Waals surface area contributed by atoms with E-state index in [1.54, 1.807) is 0 Å². The number of hydrogen-bond donors (Lipinski definition) is 3. The molecular weight excluding hydrogens is 258 g/mol. The molecule has 1 aromatic rings. The Bertz CT molecular complexity index is 553. The molecule has 1 saturated carbocycles. The lowest BCUT2D eigenvalue weighted by molar-refractivity contribution is 0.0696. The predicted octanol–water partition coefficient (Wildman–Crippen LogP) is 2.34. The van der Waals surface area contributed by atoms with Crippen molar-refractivity contribution in [3.8, 4) is 0 Å². The van der Waals surface area contributed by atoms with E-state index in [0.717, 1.165) is 0 Å². The minimum Gasteiger partial charge on any atom is -0.478 e. The average molecular weight is 277 g/mol. The van der Waals surface area contributed by atoms with Crippen LogP contribution in [-0.4, -0.2) is 28.1 Å². The van der Waals surface area contributed by atoms with E-state index < -0.39 is 5.97 Å². The summed E-state index contributed by atoms with van der Waals surface area (Å²) in [4.78, 5) is 26.5. The summed E-state index contributed by atoms with van der Waals surface area (Å²) in [6.07, 6.45) is 2.65. The number of aromatic nitrogens is 1. The van der Waals surface area contributed by atoms with Gasteiger partial charge in [-0.3, -0.25) is 4.98 Å². The highest BCUT2D eigenvalue weighted by molar-refractivity contribution is 5.92. The molecule has 2 rings (SSSR count). The largest absolute Gasteiger partial charge is 0.478 e. The minimum atomic E-state index is -1.08. The van der Waals surface area contributed by atoms with Gasteiger partial charge in [0.2, 0.25) is 0 Å². The molecule has 6 nitrogen and oxygen atoms in total. The molecule has 3 N–H and O–H groups in total. The van der Waals surface area contributed by atoms with Gasteiger partial charge in [0.1, 0.15) is 0 Å². The molecule has 0 spiro atoms. The Labute approximate surface area is 117 Å². The Morgan fingerprint density at radius 1 is 1.20 bits per heavy atom. The second kappa shape index (κ2) is 4.47. The van der Waals surface area contributed by atoms with Crippen molar-refractivity contribution >= 4 is 17.7 Å². The van der Waals surface area contributed by atoms with E-state index in [4.69, 9.17) is 5.11 Å². The fourth-order valence-electron chi connectivity index (χ4n) is 2.48. The van der Waals surface area contributed by atoms with Crippen LogP contribution in [0.1, 0.15) is 38.1 Å². The number of carbonyl (C=O) groups excluding carboxylic acids is 1. The maximum Gasteiger partial charge on any atom is 0.337 e. The first kappa shape index (κ1) is 14.3. The minimum absolute atomic E-state index is 0.0369. The SMILES string of the molecule is CC1(C)C(NC(=O)Nc2cncc(C(=O)O)c2)C1(C)C. The second-order valence-electron chi connectivity index (χ2n) is 6.24. The average Bonchev–Trinajstić information content (AvgIpc) is 2.72. The molecule has 0 aromatic carbocycles. The summed E-state index contributed by atoms with van der Waals surface area (Å²) in [6.45, 7) is 8.41. The molecule has 0 bridgehead atoms. The maximum atomic E-state index is 11.9. The number of nitrogens with zero attached hydrogens (tertiary/aromatic N) is 1. The predicted molar refractivity (Wildman–Crippen MR) is 74.7 cm³/mol. The number of carboxylic acids is 1. The maximum absolute atomic E-state index is 11.9. The molecule has 1 heterocycles. The Kier molecular flexibility index (Phi) is 3.20. The van der Waals surface area contributed by atoms with E-state index in [0.29, 0.717) is 5.69 Å². The summed E-state index contributed by atoms with van der Waals surface area (Å²) < 4.78 is 0. The van der Waals surface area contributed by atoms with Crippen molar-refractivity contribution in [3.63, 3.8) is 0 Å². The van der Waals surface area contributed by atoms with Crippen LogP contribution < -0.4 is 10.6 Å². The van der Waals surface area contributed by atoms with Crippen LogP contribution in [0.5, 0.6) is 0 Å². The highest BCUT2D eigenvalue weighted by Gasteiger charge is 2.65. The zero-order chi connectivity index (χ0) is 15.1. The third-order valence-corrected chi connectivity index (χ3v) is 4.54.